The molecule has 3 fully saturated rings. The minimum absolute atomic E-state index is 0.0737. The Morgan fingerprint density at radius 3 is 2.27 bits per heavy atom. The molecule has 1 unspecified atom stereocenters. The van der Waals surface area contributed by atoms with Gasteiger partial charge in [0.1, 0.15) is 5.76 Å². The van der Waals surface area contributed by atoms with E-state index in [-0.39, 0.29) is 5.25 Å². The van der Waals surface area contributed by atoms with Gasteiger partial charge < -0.3 is 9.52 Å². The molecule has 2 saturated carbocycles. The lowest BCUT2D eigenvalue weighted by atomic mass is 9.59. The molecule has 1 N–H and O–H groups in total. The molecule has 1 aromatic heterocycles. The zero-order valence-electron chi connectivity index (χ0n) is 16.8. The van der Waals surface area contributed by atoms with Crippen molar-refractivity contribution in [2.45, 2.75) is 62.5 Å². The zero-order chi connectivity index (χ0) is 22.2. The van der Waals surface area contributed by atoms with Gasteiger partial charge in [0.15, 0.2) is 0 Å². The van der Waals surface area contributed by atoms with Crippen molar-refractivity contribution in [2.75, 3.05) is 20.1 Å². The lowest BCUT2D eigenvalue weighted by molar-refractivity contribution is -0.192. The molecular weight excluding hydrogens is 425 g/mol. The Labute approximate surface area is 173 Å². The number of carboxylic acid groups (broad SMARTS) is 1. The molecule has 1 aromatic rings. The number of carboxylic acids is 1. The van der Waals surface area contributed by atoms with E-state index < -0.39 is 22.2 Å². The molecule has 1 aliphatic heterocycles. The summed E-state index contributed by atoms with van der Waals surface area (Å²) >= 11 is 0. The highest BCUT2D eigenvalue weighted by molar-refractivity contribution is 7.90. The van der Waals surface area contributed by atoms with Crippen molar-refractivity contribution >= 4 is 16.0 Å². The monoisotopic (exact) mass is 452 g/mol. The molecule has 0 aromatic carbocycles. The van der Waals surface area contributed by atoms with Gasteiger partial charge in [-0.25, -0.2) is 17.5 Å². The van der Waals surface area contributed by atoms with E-state index in [4.69, 9.17) is 14.3 Å². The quantitative estimate of drug-likeness (QED) is 0.738. The standard InChI is InChI=1S/C17H26N2O3S.C2HF3O2/c1-18(13-14-3-2-12-22-14)16-6-7-17(16)8-10-19(11-9-17)23(20,21)15-4-5-15;3-2(4,5)1(6)7/h2-3,12,15-16H,4-11,13H2,1H3;(H,6,7). The fourth-order valence-electron chi connectivity index (χ4n) is 4.47. The molecular formula is C19H27F3N2O5S. The van der Waals surface area contributed by atoms with Gasteiger partial charge in [0.25, 0.3) is 0 Å². The van der Waals surface area contributed by atoms with Crippen molar-refractivity contribution in [3.05, 3.63) is 24.2 Å². The number of hydrogen-bond donors (Lipinski definition) is 1. The maximum atomic E-state index is 12.4. The summed E-state index contributed by atoms with van der Waals surface area (Å²) in [5.74, 6) is -1.75. The number of alkyl halides is 3. The second-order valence-electron chi connectivity index (χ2n) is 8.36. The minimum atomic E-state index is -5.08. The summed E-state index contributed by atoms with van der Waals surface area (Å²) in [5.41, 5.74) is 0.316. The van der Waals surface area contributed by atoms with E-state index in [1.807, 2.05) is 12.1 Å². The first-order chi connectivity index (χ1) is 14.0. The second kappa shape index (κ2) is 8.51. The normalized spacial score (nSPS) is 24.2. The van der Waals surface area contributed by atoms with Crippen LogP contribution in [0.5, 0.6) is 0 Å². The molecule has 2 heterocycles. The van der Waals surface area contributed by atoms with Gasteiger partial charge in [-0.15, -0.1) is 0 Å². The summed E-state index contributed by atoms with van der Waals surface area (Å²) < 4.78 is 63.8. The van der Waals surface area contributed by atoms with E-state index in [1.165, 1.54) is 12.8 Å². The first-order valence-electron chi connectivity index (χ1n) is 9.97. The van der Waals surface area contributed by atoms with Gasteiger partial charge >= 0.3 is 12.1 Å². The summed E-state index contributed by atoms with van der Waals surface area (Å²) in [5, 5.41) is 7.05. The number of furan rings is 1. The summed E-state index contributed by atoms with van der Waals surface area (Å²) in [6, 6.07) is 4.51. The van der Waals surface area contributed by atoms with E-state index in [0.29, 0.717) is 24.5 Å². The Morgan fingerprint density at radius 1 is 1.27 bits per heavy atom. The van der Waals surface area contributed by atoms with Crippen molar-refractivity contribution in [2.24, 2.45) is 5.41 Å². The molecule has 30 heavy (non-hydrogen) atoms. The van der Waals surface area contributed by atoms with E-state index in [0.717, 1.165) is 38.0 Å². The average Bonchev–Trinajstić information content (AvgIpc) is 3.40. The molecule has 0 bridgehead atoms. The number of hydrogen-bond acceptors (Lipinski definition) is 5. The maximum absolute atomic E-state index is 12.4. The minimum Gasteiger partial charge on any atom is -0.475 e. The predicted molar refractivity (Wildman–Crippen MR) is 102 cm³/mol. The highest BCUT2D eigenvalue weighted by Crippen LogP contribution is 2.52. The molecule has 11 heteroatoms. The van der Waals surface area contributed by atoms with Gasteiger partial charge in [0.05, 0.1) is 18.1 Å². The molecule has 1 saturated heterocycles. The molecule has 1 spiro atoms. The second-order valence-corrected chi connectivity index (χ2v) is 10.6. The first-order valence-corrected chi connectivity index (χ1v) is 11.5. The van der Waals surface area contributed by atoms with Crippen molar-refractivity contribution in [3.63, 3.8) is 0 Å². The van der Waals surface area contributed by atoms with Gasteiger partial charge in [0.2, 0.25) is 10.0 Å². The van der Waals surface area contributed by atoms with Crippen LogP contribution in [0.2, 0.25) is 0 Å². The maximum Gasteiger partial charge on any atom is 0.490 e. The smallest absolute Gasteiger partial charge is 0.475 e. The number of rotatable bonds is 5. The summed E-state index contributed by atoms with van der Waals surface area (Å²) in [6.07, 6.45) is 2.82. The Bertz CT molecular complexity index is 829. The molecule has 170 valence electrons. The molecule has 2 aliphatic carbocycles. The van der Waals surface area contributed by atoms with E-state index in [2.05, 4.69) is 11.9 Å². The Morgan fingerprint density at radius 2 is 1.87 bits per heavy atom. The van der Waals surface area contributed by atoms with Crippen molar-refractivity contribution in [1.29, 1.82) is 0 Å². The lowest BCUT2D eigenvalue weighted by Gasteiger charge is -2.56. The van der Waals surface area contributed by atoms with Crippen LogP contribution in [0.15, 0.2) is 22.8 Å². The SMILES string of the molecule is CN(Cc1ccco1)C1CCC12CCN(S(=O)(=O)C1CC1)CC2.O=C(O)C(F)(F)F. The van der Waals surface area contributed by atoms with E-state index >= 15 is 0 Å². The number of piperidine rings is 1. The topological polar surface area (TPSA) is 91.1 Å². The molecule has 1 atom stereocenters. The summed E-state index contributed by atoms with van der Waals surface area (Å²) in [6.45, 7) is 2.26. The number of nitrogens with zero attached hydrogens (tertiary/aromatic N) is 2. The van der Waals surface area contributed by atoms with Crippen LogP contribution in [0.3, 0.4) is 0 Å². The van der Waals surface area contributed by atoms with Crippen LogP contribution in [0, 0.1) is 5.41 Å². The van der Waals surface area contributed by atoms with Crippen LogP contribution in [0.25, 0.3) is 0 Å². The number of sulfonamides is 1. The van der Waals surface area contributed by atoms with Gasteiger partial charge in [0, 0.05) is 19.1 Å². The largest absolute Gasteiger partial charge is 0.490 e. The van der Waals surface area contributed by atoms with Gasteiger partial charge in [-0.1, -0.05) is 0 Å². The molecule has 4 rings (SSSR count). The van der Waals surface area contributed by atoms with E-state index in [9.17, 15) is 21.6 Å². The average molecular weight is 452 g/mol. The van der Waals surface area contributed by atoms with Crippen LogP contribution in [0.4, 0.5) is 13.2 Å². The van der Waals surface area contributed by atoms with Crippen LogP contribution in [0.1, 0.15) is 44.3 Å². The lowest BCUT2D eigenvalue weighted by Crippen LogP contribution is -2.58. The van der Waals surface area contributed by atoms with Crippen LogP contribution >= 0.6 is 0 Å². The predicted octanol–water partition coefficient (Wildman–Crippen LogP) is 3.08. The van der Waals surface area contributed by atoms with Crippen LogP contribution in [-0.2, 0) is 21.4 Å². The summed E-state index contributed by atoms with van der Waals surface area (Å²) in [7, 11) is -0.829. The molecule has 3 aliphatic rings. The number of halogens is 3. The van der Waals surface area contributed by atoms with E-state index in [1.54, 1.807) is 10.6 Å². The van der Waals surface area contributed by atoms with Gasteiger partial charge in [-0.2, -0.15) is 13.2 Å². The summed E-state index contributed by atoms with van der Waals surface area (Å²) in [4.78, 5) is 11.3. The number of carbonyl (C=O) groups is 1. The fourth-order valence-corrected chi connectivity index (χ4v) is 6.32. The molecule has 0 radical (unpaired) electrons. The van der Waals surface area contributed by atoms with Crippen molar-refractivity contribution in [1.82, 2.24) is 9.21 Å². The molecule has 0 amide bonds. The van der Waals surface area contributed by atoms with Crippen molar-refractivity contribution in [3.8, 4) is 0 Å². The highest BCUT2D eigenvalue weighted by Gasteiger charge is 2.52. The Balaban J connectivity index is 0.000000318. The zero-order valence-corrected chi connectivity index (χ0v) is 17.6. The third-order valence-corrected chi connectivity index (χ3v) is 8.80. The fraction of sp³-hybridized carbons (Fsp3) is 0.737. The first kappa shape index (κ1) is 23.1. The molecule has 7 nitrogen and oxygen atoms in total. The Kier molecular flexibility index (Phi) is 6.54. The Hall–Kier alpha value is -1.59. The van der Waals surface area contributed by atoms with Gasteiger partial charge in [-0.05, 0) is 63.1 Å². The number of aliphatic carboxylic acids is 1. The highest BCUT2D eigenvalue weighted by atomic mass is 32.2. The van der Waals surface area contributed by atoms with Crippen molar-refractivity contribution < 1.29 is 35.9 Å². The third kappa shape index (κ3) is 5.00. The van der Waals surface area contributed by atoms with Crippen LogP contribution < -0.4 is 0 Å². The van der Waals surface area contributed by atoms with Crippen LogP contribution in [-0.4, -0.2) is 66.3 Å². The van der Waals surface area contributed by atoms with Gasteiger partial charge in [-0.3, -0.25) is 4.90 Å². The third-order valence-electron chi connectivity index (χ3n) is 6.41.